The molecular formula is C12H19FN2. The zero-order valence-electron chi connectivity index (χ0n) is 9.55. The number of hydrogen-bond acceptors (Lipinski definition) is 2. The van der Waals surface area contributed by atoms with Gasteiger partial charge in [-0.2, -0.15) is 0 Å². The Labute approximate surface area is 90.7 Å². The van der Waals surface area contributed by atoms with E-state index in [4.69, 9.17) is 5.73 Å². The van der Waals surface area contributed by atoms with Crippen molar-refractivity contribution in [3.8, 4) is 0 Å². The molecule has 1 unspecified atom stereocenters. The van der Waals surface area contributed by atoms with Crippen LogP contribution in [0.15, 0.2) is 18.2 Å². The minimum Gasteiger partial charge on any atom is -0.329 e. The van der Waals surface area contributed by atoms with Gasteiger partial charge in [0.05, 0.1) is 0 Å². The number of hydrogen-bond donors (Lipinski definition) is 2. The van der Waals surface area contributed by atoms with Crippen molar-refractivity contribution in [2.45, 2.75) is 32.9 Å². The molecule has 0 aliphatic rings. The maximum Gasteiger partial charge on any atom is 0.123 e. The van der Waals surface area contributed by atoms with Crippen LogP contribution in [0.4, 0.5) is 4.39 Å². The van der Waals surface area contributed by atoms with Crippen LogP contribution in [0.2, 0.25) is 0 Å². The summed E-state index contributed by atoms with van der Waals surface area (Å²) in [7, 11) is 0. The average Bonchev–Trinajstić information content (AvgIpc) is 2.14. The summed E-state index contributed by atoms with van der Waals surface area (Å²) >= 11 is 0. The van der Waals surface area contributed by atoms with Gasteiger partial charge in [-0.3, -0.25) is 0 Å². The number of nitrogens with one attached hydrogen (secondary N) is 1. The molecule has 0 radical (unpaired) electrons. The number of benzene rings is 1. The van der Waals surface area contributed by atoms with Crippen LogP contribution in [0.1, 0.15) is 31.0 Å². The molecule has 0 fully saturated rings. The highest BCUT2D eigenvalue weighted by Crippen LogP contribution is 2.18. The zero-order chi connectivity index (χ0) is 11.4. The summed E-state index contributed by atoms with van der Waals surface area (Å²) in [5.74, 6) is -0.198. The third-order valence-corrected chi connectivity index (χ3v) is 2.38. The number of nitrogens with two attached hydrogens (primary N) is 1. The van der Waals surface area contributed by atoms with Crippen molar-refractivity contribution >= 4 is 0 Å². The van der Waals surface area contributed by atoms with Crippen molar-refractivity contribution < 1.29 is 4.39 Å². The maximum absolute atomic E-state index is 12.9. The smallest absolute Gasteiger partial charge is 0.123 e. The van der Waals surface area contributed by atoms with E-state index in [9.17, 15) is 4.39 Å². The Bertz CT molecular complexity index is 323. The van der Waals surface area contributed by atoms with E-state index in [-0.39, 0.29) is 11.9 Å². The van der Waals surface area contributed by atoms with Gasteiger partial charge in [-0.05, 0) is 30.2 Å². The van der Waals surface area contributed by atoms with E-state index in [1.807, 2.05) is 6.92 Å². The topological polar surface area (TPSA) is 38.0 Å². The van der Waals surface area contributed by atoms with Crippen molar-refractivity contribution in [3.63, 3.8) is 0 Å². The summed E-state index contributed by atoms with van der Waals surface area (Å²) in [5, 5.41) is 3.36. The van der Waals surface area contributed by atoms with Crippen molar-refractivity contribution in [1.29, 1.82) is 0 Å². The average molecular weight is 210 g/mol. The van der Waals surface area contributed by atoms with E-state index in [2.05, 4.69) is 19.2 Å². The number of aryl methyl sites for hydroxylation is 1. The van der Waals surface area contributed by atoms with Gasteiger partial charge in [0, 0.05) is 18.6 Å². The molecule has 0 bridgehead atoms. The largest absolute Gasteiger partial charge is 0.329 e. The van der Waals surface area contributed by atoms with Gasteiger partial charge in [0.15, 0.2) is 0 Å². The summed E-state index contributed by atoms with van der Waals surface area (Å²) in [4.78, 5) is 0. The number of halogens is 1. The third-order valence-electron chi connectivity index (χ3n) is 2.38. The minimum atomic E-state index is -0.198. The summed E-state index contributed by atoms with van der Waals surface area (Å²) in [5.41, 5.74) is 7.72. The lowest BCUT2D eigenvalue weighted by molar-refractivity contribution is 0.481. The molecule has 3 heteroatoms. The molecule has 1 rings (SSSR count). The molecular weight excluding hydrogens is 191 g/mol. The molecule has 3 N–H and O–H groups in total. The highest BCUT2D eigenvalue weighted by atomic mass is 19.1. The van der Waals surface area contributed by atoms with Crippen LogP contribution in [-0.2, 0) is 0 Å². The van der Waals surface area contributed by atoms with Gasteiger partial charge < -0.3 is 11.1 Å². The van der Waals surface area contributed by atoms with E-state index in [0.717, 1.165) is 11.1 Å². The Hall–Kier alpha value is -0.930. The normalized spacial score (nSPS) is 13.2. The van der Waals surface area contributed by atoms with Crippen LogP contribution >= 0.6 is 0 Å². The van der Waals surface area contributed by atoms with Crippen LogP contribution in [-0.4, -0.2) is 12.6 Å². The molecule has 0 saturated carbocycles. The Morgan fingerprint density at radius 3 is 2.53 bits per heavy atom. The van der Waals surface area contributed by atoms with Crippen LogP contribution in [0, 0.1) is 12.7 Å². The minimum absolute atomic E-state index is 0.102. The summed E-state index contributed by atoms with van der Waals surface area (Å²) in [6.07, 6.45) is 0. The molecule has 15 heavy (non-hydrogen) atoms. The molecule has 1 aromatic rings. The molecule has 0 saturated heterocycles. The van der Waals surface area contributed by atoms with E-state index in [0.29, 0.717) is 12.6 Å². The van der Waals surface area contributed by atoms with Gasteiger partial charge in [-0.15, -0.1) is 0 Å². The van der Waals surface area contributed by atoms with Crippen molar-refractivity contribution in [1.82, 2.24) is 5.32 Å². The molecule has 0 aliphatic heterocycles. The predicted molar refractivity (Wildman–Crippen MR) is 61.2 cm³/mol. The van der Waals surface area contributed by atoms with E-state index in [1.165, 1.54) is 6.07 Å². The van der Waals surface area contributed by atoms with Crippen LogP contribution in [0.3, 0.4) is 0 Å². The summed E-state index contributed by atoms with van der Waals surface area (Å²) in [6, 6.07) is 5.29. The molecule has 0 amide bonds. The van der Waals surface area contributed by atoms with Gasteiger partial charge in [-0.1, -0.05) is 19.9 Å². The van der Waals surface area contributed by atoms with Crippen molar-refractivity contribution in [2.75, 3.05) is 6.54 Å². The molecule has 2 nitrogen and oxygen atoms in total. The summed E-state index contributed by atoms with van der Waals surface area (Å²) < 4.78 is 12.9. The fourth-order valence-corrected chi connectivity index (χ4v) is 1.72. The molecule has 0 aliphatic carbocycles. The Morgan fingerprint density at radius 2 is 2.07 bits per heavy atom. The Balaban J connectivity index is 2.91. The second-order valence-electron chi connectivity index (χ2n) is 4.11. The Morgan fingerprint density at radius 1 is 1.40 bits per heavy atom. The standard InChI is InChI=1S/C12H19FN2/c1-8(2)15-12(7-14)11-5-4-10(13)6-9(11)3/h4-6,8,12,15H,7,14H2,1-3H3. The monoisotopic (exact) mass is 210 g/mol. The zero-order valence-corrected chi connectivity index (χ0v) is 9.55. The van der Waals surface area contributed by atoms with Gasteiger partial charge in [0.25, 0.3) is 0 Å². The van der Waals surface area contributed by atoms with Crippen LogP contribution in [0.5, 0.6) is 0 Å². The first-order valence-corrected chi connectivity index (χ1v) is 5.26. The maximum atomic E-state index is 12.9. The molecule has 1 aromatic carbocycles. The van der Waals surface area contributed by atoms with Crippen LogP contribution in [0.25, 0.3) is 0 Å². The van der Waals surface area contributed by atoms with E-state index in [1.54, 1.807) is 12.1 Å². The Kier molecular flexibility index (Phi) is 4.24. The molecule has 1 atom stereocenters. The second kappa shape index (κ2) is 5.24. The first kappa shape index (κ1) is 12.1. The predicted octanol–water partition coefficient (Wildman–Crippen LogP) is 2.13. The second-order valence-corrected chi connectivity index (χ2v) is 4.11. The first-order valence-electron chi connectivity index (χ1n) is 5.26. The molecule has 84 valence electrons. The lowest BCUT2D eigenvalue weighted by Crippen LogP contribution is -2.33. The molecule has 0 heterocycles. The quantitative estimate of drug-likeness (QED) is 0.799. The van der Waals surface area contributed by atoms with Gasteiger partial charge in [0.1, 0.15) is 5.82 Å². The first-order chi connectivity index (χ1) is 7.04. The SMILES string of the molecule is Cc1cc(F)ccc1C(CN)NC(C)C. The van der Waals surface area contributed by atoms with Gasteiger partial charge in [-0.25, -0.2) is 4.39 Å². The lowest BCUT2D eigenvalue weighted by Gasteiger charge is -2.21. The fraction of sp³-hybridized carbons (Fsp3) is 0.500. The highest BCUT2D eigenvalue weighted by molar-refractivity contribution is 5.29. The highest BCUT2D eigenvalue weighted by Gasteiger charge is 2.12. The third kappa shape index (κ3) is 3.29. The molecule has 0 spiro atoms. The summed E-state index contributed by atoms with van der Waals surface area (Å²) in [6.45, 7) is 6.57. The van der Waals surface area contributed by atoms with Crippen molar-refractivity contribution in [3.05, 3.63) is 35.1 Å². The van der Waals surface area contributed by atoms with Gasteiger partial charge in [0.2, 0.25) is 0 Å². The van der Waals surface area contributed by atoms with Crippen molar-refractivity contribution in [2.24, 2.45) is 5.73 Å². The van der Waals surface area contributed by atoms with Gasteiger partial charge >= 0.3 is 0 Å². The van der Waals surface area contributed by atoms with E-state index >= 15 is 0 Å². The van der Waals surface area contributed by atoms with E-state index < -0.39 is 0 Å². The lowest BCUT2D eigenvalue weighted by atomic mass is 10.0. The van der Waals surface area contributed by atoms with Crippen LogP contribution < -0.4 is 11.1 Å². The fourth-order valence-electron chi connectivity index (χ4n) is 1.72. The molecule has 0 aromatic heterocycles. The number of rotatable bonds is 4.